The molecule has 0 unspecified atom stereocenters. The number of rotatable bonds is 1. The van der Waals surface area contributed by atoms with Crippen LogP contribution >= 0.6 is 0 Å². The van der Waals surface area contributed by atoms with Crippen molar-refractivity contribution in [2.24, 2.45) is 12.2 Å². The third-order valence-corrected chi connectivity index (χ3v) is 3.93. The molecule has 1 aliphatic rings. The maximum absolute atomic E-state index is 9.05. The molecule has 0 radical (unpaired) electrons. The van der Waals surface area contributed by atoms with E-state index in [0.717, 1.165) is 41.8 Å². The third-order valence-electron chi connectivity index (χ3n) is 3.93. The van der Waals surface area contributed by atoms with Crippen LogP contribution in [0.4, 0.5) is 0 Å². The molecule has 4 heteroatoms. The number of fused-ring (bicyclic) bond motifs is 1. The highest BCUT2D eigenvalue weighted by Gasteiger charge is 2.17. The van der Waals surface area contributed by atoms with Gasteiger partial charge in [0.05, 0.1) is 5.71 Å². The maximum Gasteiger partial charge on any atom is 0.120 e. The van der Waals surface area contributed by atoms with Crippen LogP contribution in [0, 0.1) is 11.3 Å². The first-order chi connectivity index (χ1) is 9.74. The van der Waals surface area contributed by atoms with E-state index < -0.39 is 0 Å². The van der Waals surface area contributed by atoms with Gasteiger partial charge in [0, 0.05) is 18.3 Å². The number of nitrogens with zero attached hydrogens (tertiary/aromatic N) is 3. The summed E-state index contributed by atoms with van der Waals surface area (Å²) in [6, 6.07) is 12.1. The van der Waals surface area contributed by atoms with E-state index in [1.54, 1.807) is 0 Å². The highest BCUT2D eigenvalue weighted by molar-refractivity contribution is 6.02. The molecule has 0 bridgehead atoms. The maximum atomic E-state index is 9.05. The summed E-state index contributed by atoms with van der Waals surface area (Å²) in [4.78, 5) is 0. The van der Waals surface area contributed by atoms with Crippen LogP contribution in [0.1, 0.15) is 29.7 Å². The van der Waals surface area contributed by atoms with Gasteiger partial charge in [-0.05, 0) is 48.6 Å². The fourth-order valence-corrected chi connectivity index (χ4v) is 2.84. The van der Waals surface area contributed by atoms with Crippen LogP contribution in [-0.4, -0.2) is 15.5 Å². The minimum Gasteiger partial charge on any atom is -0.411 e. The predicted molar refractivity (Wildman–Crippen MR) is 76.8 cm³/mol. The molecule has 1 aliphatic carbocycles. The lowest BCUT2D eigenvalue weighted by molar-refractivity contribution is 0.317. The van der Waals surface area contributed by atoms with E-state index in [4.69, 9.17) is 10.5 Å². The summed E-state index contributed by atoms with van der Waals surface area (Å²) in [5.74, 6) is 0. The van der Waals surface area contributed by atoms with Crippen molar-refractivity contribution in [2.45, 2.75) is 19.3 Å². The molecule has 3 rings (SSSR count). The first-order valence-corrected chi connectivity index (χ1v) is 6.65. The third kappa shape index (κ3) is 1.88. The molecule has 0 atom stereocenters. The van der Waals surface area contributed by atoms with Gasteiger partial charge in [0.15, 0.2) is 0 Å². The Morgan fingerprint density at radius 1 is 1.25 bits per heavy atom. The van der Waals surface area contributed by atoms with Crippen LogP contribution in [0.3, 0.4) is 0 Å². The van der Waals surface area contributed by atoms with Crippen LogP contribution in [0.5, 0.6) is 0 Å². The number of nitriles is 1. The SMILES string of the molecule is Cn1c(C#N)ccc1-c1ccc2c(c1)CCC/C2=N\O. The molecule has 4 nitrogen and oxygen atoms in total. The van der Waals surface area contributed by atoms with Crippen molar-refractivity contribution in [3.63, 3.8) is 0 Å². The highest BCUT2D eigenvalue weighted by atomic mass is 16.4. The molecule has 0 saturated carbocycles. The van der Waals surface area contributed by atoms with Gasteiger partial charge in [-0.25, -0.2) is 0 Å². The monoisotopic (exact) mass is 265 g/mol. The summed E-state index contributed by atoms with van der Waals surface area (Å²) < 4.78 is 1.89. The van der Waals surface area contributed by atoms with Gasteiger partial charge in [-0.3, -0.25) is 0 Å². The molecule has 0 saturated heterocycles. The molecular weight excluding hydrogens is 250 g/mol. The lowest BCUT2D eigenvalue weighted by Gasteiger charge is -2.18. The fraction of sp³-hybridized carbons (Fsp3) is 0.250. The Balaban J connectivity index is 2.09. The largest absolute Gasteiger partial charge is 0.411 e. The number of hydrogen-bond donors (Lipinski definition) is 1. The minimum absolute atomic E-state index is 0.648. The lowest BCUT2D eigenvalue weighted by atomic mass is 9.88. The highest BCUT2D eigenvalue weighted by Crippen LogP contribution is 2.28. The molecule has 0 fully saturated rings. The van der Waals surface area contributed by atoms with Crippen molar-refractivity contribution < 1.29 is 5.21 Å². The summed E-state index contributed by atoms with van der Waals surface area (Å²) >= 11 is 0. The zero-order valence-electron chi connectivity index (χ0n) is 11.3. The lowest BCUT2D eigenvalue weighted by Crippen LogP contribution is -2.12. The van der Waals surface area contributed by atoms with E-state index in [2.05, 4.69) is 17.3 Å². The molecule has 0 aliphatic heterocycles. The first kappa shape index (κ1) is 12.5. The summed E-state index contributed by atoms with van der Waals surface area (Å²) in [5, 5.41) is 21.5. The van der Waals surface area contributed by atoms with Crippen molar-refractivity contribution in [1.29, 1.82) is 5.26 Å². The quantitative estimate of drug-likeness (QED) is 0.636. The molecule has 100 valence electrons. The van der Waals surface area contributed by atoms with Gasteiger partial charge in [0.2, 0.25) is 0 Å². The molecular formula is C16H15N3O. The molecule has 0 spiro atoms. The van der Waals surface area contributed by atoms with E-state index in [9.17, 15) is 0 Å². The van der Waals surface area contributed by atoms with Crippen molar-refractivity contribution >= 4 is 5.71 Å². The number of oxime groups is 1. The Kier molecular flexibility index (Phi) is 3.03. The smallest absolute Gasteiger partial charge is 0.120 e. The summed E-state index contributed by atoms with van der Waals surface area (Å²) in [6.45, 7) is 0. The summed E-state index contributed by atoms with van der Waals surface area (Å²) in [7, 11) is 1.90. The molecule has 2 aromatic rings. The van der Waals surface area contributed by atoms with Gasteiger partial charge in [-0.15, -0.1) is 0 Å². The van der Waals surface area contributed by atoms with Crippen molar-refractivity contribution in [3.8, 4) is 17.3 Å². The van der Waals surface area contributed by atoms with Crippen LogP contribution < -0.4 is 0 Å². The normalized spacial score (nSPS) is 15.9. The minimum atomic E-state index is 0.648. The second-order valence-corrected chi connectivity index (χ2v) is 5.05. The predicted octanol–water partition coefficient (Wildman–Crippen LogP) is 3.08. The van der Waals surface area contributed by atoms with Gasteiger partial charge < -0.3 is 9.77 Å². The zero-order valence-corrected chi connectivity index (χ0v) is 11.3. The summed E-state index contributed by atoms with van der Waals surface area (Å²) in [5.41, 5.74) is 5.78. The van der Waals surface area contributed by atoms with E-state index in [0.29, 0.717) is 5.69 Å². The topological polar surface area (TPSA) is 61.3 Å². The molecule has 1 aromatic heterocycles. The Hall–Kier alpha value is -2.54. The standard InChI is InChI=1S/C16H15N3O/c1-19-13(10-17)6-8-16(19)12-5-7-14-11(9-12)3-2-4-15(14)18-20/h5-9,20H,2-4H2,1H3/b18-15+. The summed E-state index contributed by atoms with van der Waals surface area (Å²) in [6.07, 6.45) is 2.83. The number of benzene rings is 1. The Morgan fingerprint density at radius 3 is 2.80 bits per heavy atom. The Labute approximate surface area is 117 Å². The van der Waals surface area contributed by atoms with Gasteiger partial charge in [-0.2, -0.15) is 5.26 Å². The fourth-order valence-electron chi connectivity index (χ4n) is 2.84. The van der Waals surface area contributed by atoms with Crippen molar-refractivity contribution in [1.82, 2.24) is 4.57 Å². The van der Waals surface area contributed by atoms with Crippen LogP contribution in [0.25, 0.3) is 11.3 Å². The second-order valence-electron chi connectivity index (χ2n) is 5.05. The van der Waals surface area contributed by atoms with Crippen LogP contribution in [0.2, 0.25) is 0 Å². The van der Waals surface area contributed by atoms with E-state index >= 15 is 0 Å². The Bertz CT molecular complexity index is 735. The van der Waals surface area contributed by atoms with Gasteiger partial charge in [0.1, 0.15) is 11.8 Å². The van der Waals surface area contributed by atoms with Gasteiger partial charge in [-0.1, -0.05) is 17.3 Å². The van der Waals surface area contributed by atoms with Crippen molar-refractivity contribution in [3.05, 3.63) is 47.2 Å². The second kappa shape index (κ2) is 4.86. The number of aromatic nitrogens is 1. The van der Waals surface area contributed by atoms with Crippen LogP contribution in [-0.2, 0) is 13.5 Å². The molecule has 1 aromatic carbocycles. The zero-order chi connectivity index (χ0) is 14.1. The molecule has 1 heterocycles. The average Bonchev–Trinajstić information content (AvgIpc) is 2.86. The number of aryl methyl sites for hydroxylation is 1. The molecule has 20 heavy (non-hydrogen) atoms. The van der Waals surface area contributed by atoms with Gasteiger partial charge in [0.25, 0.3) is 0 Å². The van der Waals surface area contributed by atoms with E-state index in [1.165, 1.54) is 5.56 Å². The first-order valence-electron chi connectivity index (χ1n) is 6.65. The van der Waals surface area contributed by atoms with Crippen molar-refractivity contribution in [2.75, 3.05) is 0 Å². The Morgan fingerprint density at radius 2 is 2.10 bits per heavy atom. The average molecular weight is 265 g/mol. The number of hydrogen-bond acceptors (Lipinski definition) is 3. The van der Waals surface area contributed by atoms with E-state index in [-0.39, 0.29) is 0 Å². The van der Waals surface area contributed by atoms with E-state index in [1.807, 2.05) is 35.9 Å². The molecule has 1 N–H and O–H groups in total. The van der Waals surface area contributed by atoms with Gasteiger partial charge >= 0.3 is 0 Å². The molecule has 0 amide bonds. The van der Waals surface area contributed by atoms with Crippen LogP contribution in [0.15, 0.2) is 35.5 Å².